The SMILES string of the molecule is Nc1ccccc1CCC(=O)Nc1ccc(C(=O)NC2CCCC2)cc1. The van der Waals surface area contributed by atoms with Crippen molar-refractivity contribution in [3.05, 3.63) is 59.7 Å². The molecule has 0 radical (unpaired) electrons. The lowest BCUT2D eigenvalue weighted by Gasteiger charge is -2.12. The highest BCUT2D eigenvalue weighted by Gasteiger charge is 2.17. The van der Waals surface area contributed by atoms with Crippen LogP contribution in [0.1, 0.15) is 48.0 Å². The van der Waals surface area contributed by atoms with Crippen LogP contribution in [0.3, 0.4) is 0 Å². The molecular formula is C21H25N3O2. The second-order valence-corrected chi connectivity index (χ2v) is 6.78. The largest absolute Gasteiger partial charge is 0.399 e. The second kappa shape index (κ2) is 8.52. The molecule has 0 spiro atoms. The van der Waals surface area contributed by atoms with Gasteiger partial charge in [-0.3, -0.25) is 9.59 Å². The van der Waals surface area contributed by atoms with Gasteiger partial charge in [-0.2, -0.15) is 0 Å². The van der Waals surface area contributed by atoms with Gasteiger partial charge in [-0.05, 0) is 55.2 Å². The molecule has 1 aliphatic rings. The Morgan fingerprint density at radius 2 is 1.69 bits per heavy atom. The van der Waals surface area contributed by atoms with Gasteiger partial charge in [0.25, 0.3) is 5.91 Å². The van der Waals surface area contributed by atoms with Crippen LogP contribution >= 0.6 is 0 Å². The lowest BCUT2D eigenvalue weighted by molar-refractivity contribution is -0.116. The molecule has 136 valence electrons. The fourth-order valence-electron chi connectivity index (χ4n) is 3.28. The van der Waals surface area contributed by atoms with Gasteiger partial charge in [-0.25, -0.2) is 0 Å². The van der Waals surface area contributed by atoms with E-state index in [9.17, 15) is 9.59 Å². The maximum atomic E-state index is 12.2. The molecule has 5 heteroatoms. The van der Waals surface area contributed by atoms with E-state index in [1.54, 1.807) is 24.3 Å². The van der Waals surface area contributed by atoms with Crippen LogP contribution in [0.5, 0.6) is 0 Å². The number of hydrogen-bond donors (Lipinski definition) is 3. The van der Waals surface area contributed by atoms with Gasteiger partial charge in [0, 0.05) is 29.4 Å². The summed E-state index contributed by atoms with van der Waals surface area (Å²) in [4.78, 5) is 24.3. The van der Waals surface area contributed by atoms with Gasteiger partial charge in [0.1, 0.15) is 0 Å². The number of nitrogens with two attached hydrogens (primary N) is 1. The van der Waals surface area contributed by atoms with E-state index >= 15 is 0 Å². The minimum atomic E-state index is -0.0728. The first-order valence-electron chi connectivity index (χ1n) is 9.16. The molecule has 0 heterocycles. The predicted octanol–water partition coefficient (Wildman–Crippen LogP) is 3.51. The third kappa shape index (κ3) is 4.85. The number of rotatable bonds is 6. The Balaban J connectivity index is 1.49. The lowest BCUT2D eigenvalue weighted by Crippen LogP contribution is -2.32. The number of aryl methyl sites for hydroxylation is 1. The van der Waals surface area contributed by atoms with Gasteiger partial charge in [0.05, 0.1) is 0 Å². The van der Waals surface area contributed by atoms with Crippen LogP contribution in [0.25, 0.3) is 0 Å². The molecule has 4 N–H and O–H groups in total. The number of anilines is 2. The van der Waals surface area contributed by atoms with Crippen molar-refractivity contribution in [2.45, 2.75) is 44.6 Å². The molecule has 2 aromatic carbocycles. The highest BCUT2D eigenvalue weighted by molar-refractivity contribution is 5.96. The Morgan fingerprint density at radius 1 is 1.00 bits per heavy atom. The van der Waals surface area contributed by atoms with Crippen molar-refractivity contribution in [3.63, 3.8) is 0 Å². The van der Waals surface area contributed by atoms with Gasteiger partial charge in [-0.1, -0.05) is 31.0 Å². The molecule has 26 heavy (non-hydrogen) atoms. The Morgan fingerprint density at radius 3 is 2.38 bits per heavy atom. The van der Waals surface area contributed by atoms with E-state index < -0.39 is 0 Å². The maximum Gasteiger partial charge on any atom is 0.251 e. The van der Waals surface area contributed by atoms with E-state index in [0.29, 0.717) is 35.8 Å². The fourth-order valence-corrected chi connectivity index (χ4v) is 3.28. The number of carbonyl (C=O) groups excluding carboxylic acids is 2. The monoisotopic (exact) mass is 351 g/mol. The lowest BCUT2D eigenvalue weighted by atomic mass is 10.1. The predicted molar refractivity (Wildman–Crippen MR) is 104 cm³/mol. The highest BCUT2D eigenvalue weighted by atomic mass is 16.2. The van der Waals surface area contributed by atoms with E-state index in [0.717, 1.165) is 18.4 Å². The highest BCUT2D eigenvalue weighted by Crippen LogP contribution is 2.19. The summed E-state index contributed by atoms with van der Waals surface area (Å²) in [6, 6.07) is 14.9. The fraction of sp³-hybridized carbons (Fsp3) is 0.333. The minimum absolute atomic E-state index is 0.0469. The summed E-state index contributed by atoms with van der Waals surface area (Å²) in [6.07, 6.45) is 5.45. The molecule has 0 saturated heterocycles. The van der Waals surface area contributed by atoms with Crippen molar-refractivity contribution in [2.75, 3.05) is 11.1 Å². The summed E-state index contributed by atoms with van der Waals surface area (Å²) in [5, 5.41) is 5.92. The summed E-state index contributed by atoms with van der Waals surface area (Å²) < 4.78 is 0. The van der Waals surface area contributed by atoms with Crippen molar-refractivity contribution in [2.24, 2.45) is 0 Å². The van der Waals surface area contributed by atoms with Crippen molar-refractivity contribution in [1.29, 1.82) is 0 Å². The molecule has 1 aliphatic carbocycles. The Bertz CT molecular complexity index is 765. The molecule has 2 amide bonds. The average Bonchev–Trinajstić information content (AvgIpc) is 3.14. The standard InChI is InChI=1S/C21H25N3O2/c22-19-8-4-1-5-15(19)11-14-20(25)23-18-12-9-16(10-13-18)21(26)24-17-6-2-3-7-17/h1,4-5,8-10,12-13,17H,2-3,6-7,11,14,22H2,(H,23,25)(H,24,26). The first-order chi connectivity index (χ1) is 12.6. The molecule has 2 aromatic rings. The molecular weight excluding hydrogens is 326 g/mol. The van der Waals surface area contributed by atoms with Crippen LogP contribution in [0, 0.1) is 0 Å². The van der Waals surface area contributed by atoms with Gasteiger partial charge in [0.2, 0.25) is 5.91 Å². The summed E-state index contributed by atoms with van der Waals surface area (Å²) >= 11 is 0. The third-order valence-electron chi connectivity index (χ3n) is 4.80. The zero-order valence-corrected chi connectivity index (χ0v) is 14.8. The van der Waals surface area contributed by atoms with E-state index in [-0.39, 0.29) is 11.8 Å². The molecule has 0 atom stereocenters. The second-order valence-electron chi connectivity index (χ2n) is 6.78. The smallest absolute Gasteiger partial charge is 0.251 e. The normalized spacial score (nSPS) is 14.2. The van der Waals surface area contributed by atoms with E-state index in [1.165, 1.54) is 12.8 Å². The number of para-hydroxylation sites is 1. The quantitative estimate of drug-likeness (QED) is 0.696. The topological polar surface area (TPSA) is 84.2 Å². The number of nitrogens with one attached hydrogen (secondary N) is 2. The van der Waals surface area contributed by atoms with E-state index in [4.69, 9.17) is 5.73 Å². The summed E-state index contributed by atoms with van der Waals surface area (Å²) in [7, 11) is 0. The van der Waals surface area contributed by atoms with E-state index in [2.05, 4.69) is 10.6 Å². The number of amides is 2. The molecule has 0 unspecified atom stereocenters. The van der Waals surface area contributed by atoms with Crippen LogP contribution in [0.4, 0.5) is 11.4 Å². The maximum absolute atomic E-state index is 12.2. The minimum Gasteiger partial charge on any atom is -0.399 e. The van der Waals surface area contributed by atoms with Crippen molar-refractivity contribution < 1.29 is 9.59 Å². The van der Waals surface area contributed by atoms with E-state index in [1.807, 2.05) is 24.3 Å². The molecule has 0 bridgehead atoms. The molecule has 5 nitrogen and oxygen atoms in total. The van der Waals surface area contributed by atoms with Gasteiger partial charge in [-0.15, -0.1) is 0 Å². The van der Waals surface area contributed by atoms with Gasteiger partial charge < -0.3 is 16.4 Å². The van der Waals surface area contributed by atoms with Gasteiger partial charge in [0.15, 0.2) is 0 Å². The van der Waals surface area contributed by atoms with Crippen molar-refractivity contribution in [3.8, 4) is 0 Å². The summed E-state index contributed by atoms with van der Waals surface area (Å²) in [6.45, 7) is 0. The van der Waals surface area contributed by atoms with Crippen LogP contribution in [0.15, 0.2) is 48.5 Å². The van der Waals surface area contributed by atoms with Crippen molar-refractivity contribution in [1.82, 2.24) is 5.32 Å². The Kier molecular flexibility index (Phi) is 5.89. The number of nitrogen functional groups attached to an aromatic ring is 1. The van der Waals surface area contributed by atoms with Crippen LogP contribution in [0.2, 0.25) is 0 Å². The van der Waals surface area contributed by atoms with Gasteiger partial charge >= 0.3 is 0 Å². The molecule has 1 fully saturated rings. The molecule has 0 aliphatic heterocycles. The first-order valence-corrected chi connectivity index (χ1v) is 9.16. The summed E-state index contributed by atoms with van der Waals surface area (Å²) in [5.74, 6) is -0.120. The summed E-state index contributed by atoms with van der Waals surface area (Å²) in [5.41, 5.74) is 8.88. The Hall–Kier alpha value is -2.82. The Labute approximate surface area is 154 Å². The number of benzene rings is 2. The molecule has 1 saturated carbocycles. The zero-order chi connectivity index (χ0) is 18.4. The molecule has 0 aromatic heterocycles. The van der Waals surface area contributed by atoms with Crippen LogP contribution in [-0.4, -0.2) is 17.9 Å². The number of hydrogen-bond acceptors (Lipinski definition) is 3. The zero-order valence-electron chi connectivity index (χ0n) is 14.8. The van der Waals surface area contributed by atoms with Crippen molar-refractivity contribution >= 4 is 23.2 Å². The molecule has 3 rings (SSSR count). The third-order valence-corrected chi connectivity index (χ3v) is 4.80. The van der Waals surface area contributed by atoms with Crippen LogP contribution < -0.4 is 16.4 Å². The van der Waals surface area contributed by atoms with Crippen LogP contribution in [-0.2, 0) is 11.2 Å². The average molecular weight is 351 g/mol. The number of carbonyl (C=O) groups is 2. The first kappa shape index (κ1) is 18.0.